The molecular weight excluding hydrogens is 206 g/mol. The van der Waals surface area contributed by atoms with Crippen molar-refractivity contribution in [2.75, 3.05) is 0 Å². The SMILES string of the molecule is CC(C)c1ccc(C(C)C)c2c1ccc[n+]2C. The van der Waals surface area contributed by atoms with Crippen molar-refractivity contribution in [1.82, 2.24) is 0 Å². The fourth-order valence-corrected chi connectivity index (χ4v) is 2.52. The molecule has 1 heterocycles. The quantitative estimate of drug-likeness (QED) is 0.686. The molecule has 0 N–H and O–H groups in total. The summed E-state index contributed by atoms with van der Waals surface area (Å²) in [5.41, 5.74) is 4.27. The van der Waals surface area contributed by atoms with Gasteiger partial charge in [0.25, 0.3) is 0 Å². The maximum absolute atomic E-state index is 2.29. The van der Waals surface area contributed by atoms with Crippen LogP contribution in [0.1, 0.15) is 50.7 Å². The van der Waals surface area contributed by atoms with Crippen molar-refractivity contribution < 1.29 is 4.57 Å². The molecule has 0 radical (unpaired) electrons. The van der Waals surface area contributed by atoms with Crippen LogP contribution in [-0.4, -0.2) is 0 Å². The fourth-order valence-electron chi connectivity index (χ4n) is 2.52. The number of aryl methyl sites for hydroxylation is 1. The van der Waals surface area contributed by atoms with E-state index in [4.69, 9.17) is 0 Å². The standard InChI is InChI=1S/C16H22N/c1-11(2)13-8-9-14(12(3)4)16-15(13)7-6-10-17(16)5/h6-12H,1-5H3/q+1. The first-order chi connectivity index (χ1) is 8.02. The number of hydrogen-bond acceptors (Lipinski definition) is 0. The van der Waals surface area contributed by atoms with Crippen molar-refractivity contribution >= 4 is 10.9 Å². The zero-order valence-electron chi connectivity index (χ0n) is 11.5. The maximum atomic E-state index is 2.29. The predicted molar refractivity (Wildman–Crippen MR) is 73.3 cm³/mol. The van der Waals surface area contributed by atoms with Gasteiger partial charge in [-0.3, -0.25) is 0 Å². The van der Waals surface area contributed by atoms with Gasteiger partial charge in [0.1, 0.15) is 7.05 Å². The highest BCUT2D eigenvalue weighted by Crippen LogP contribution is 2.29. The average Bonchev–Trinajstić information content (AvgIpc) is 2.27. The molecule has 0 saturated carbocycles. The molecule has 0 aliphatic heterocycles. The van der Waals surface area contributed by atoms with E-state index in [1.165, 1.54) is 22.0 Å². The Bertz CT molecular complexity index is 538. The lowest BCUT2D eigenvalue weighted by Gasteiger charge is -2.13. The minimum absolute atomic E-state index is 0.562. The molecule has 0 aliphatic carbocycles. The van der Waals surface area contributed by atoms with E-state index in [1.54, 1.807) is 0 Å². The van der Waals surface area contributed by atoms with Gasteiger partial charge in [-0.1, -0.05) is 39.8 Å². The Labute approximate surface area is 104 Å². The van der Waals surface area contributed by atoms with E-state index in [2.05, 4.69) is 69.8 Å². The molecule has 2 aromatic rings. The van der Waals surface area contributed by atoms with Crippen LogP contribution in [0.5, 0.6) is 0 Å². The van der Waals surface area contributed by atoms with Gasteiger partial charge in [0, 0.05) is 11.6 Å². The summed E-state index contributed by atoms with van der Waals surface area (Å²) < 4.78 is 2.25. The van der Waals surface area contributed by atoms with Crippen LogP contribution < -0.4 is 4.57 Å². The lowest BCUT2D eigenvalue weighted by atomic mass is 9.92. The van der Waals surface area contributed by atoms with Crippen LogP contribution in [0.3, 0.4) is 0 Å². The summed E-state index contributed by atoms with van der Waals surface area (Å²) in [5.74, 6) is 1.13. The summed E-state index contributed by atoms with van der Waals surface area (Å²) in [6, 6.07) is 8.97. The first-order valence-electron chi connectivity index (χ1n) is 6.43. The topological polar surface area (TPSA) is 3.88 Å². The highest BCUT2D eigenvalue weighted by atomic mass is 14.9. The molecule has 0 aliphatic rings. The van der Waals surface area contributed by atoms with Gasteiger partial charge in [0.05, 0.1) is 5.39 Å². The average molecular weight is 228 g/mol. The van der Waals surface area contributed by atoms with Crippen LogP contribution in [0.2, 0.25) is 0 Å². The largest absolute Gasteiger partial charge is 0.216 e. The molecule has 0 unspecified atom stereocenters. The summed E-state index contributed by atoms with van der Waals surface area (Å²) in [6.07, 6.45) is 2.14. The van der Waals surface area contributed by atoms with Crippen molar-refractivity contribution in [1.29, 1.82) is 0 Å². The van der Waals surface area contributed by atoms with Crippen LogP contribution in [0.15, 0.2) is 30.5 Å². The van der Waals surface area contributed by atoms with Gasteiger partial charge in [-0.05, 0) is 23.5 Å². The van der Waals surface area contributed by atoms with Crippen LogP contribution in [0, 0.1) is 0 Å². The Kier molecular flexibility index (Phi) is 3.19. The summed E-state index contributed by atoms with van der Waals surface area (Å²) in [7, 11) is 2.14. The Morgan fingerprint density at radius 3 is 2.06 bits per heavy atom. The van der Waals surface area contributed by atoms with Gasteiger partial charge < -0.3 is 0 Å². The van der Waals surface area contributed by atoms with Gasteiger partial charge in [-0.2, -0.15) is 0 Å². The Morgan fingerprint density at radius 1 is 0.882 bits per heavy atom. The van der Waals surface area contributed by atoms with Crippen LogP contribution in [0.25, 0.3) is 10.9 Å². The van der Waals surface area contributed by atoms with Crippen molar-refractivity contribution in [3.63, 3.8) is 0 Å². The summed E-state index contributed by atoms with van der Waals surface area (Å²) in [6.45, 7) is 9.04. The lowest BCUT2D eigenvalue weighted by Crippen LogP contribution is -2.29. The van der Waals surface area contributed by atoms with Gasteiger partial charge in [0.2, 0.25) is 5.52 Å². The number of pyridine rings is 1. The second kappa shape index (κ2) is 4.48. The van der Waals surface area contributed by atoms with Crippen molar-refractivity contribution in [2.24, 2.45) is 7.05 Å². The lowest BCUT2D eigenvalue weighted by molar-refractivity contribution is -0.645. The van der Waals surface area contributed by atoms with E-state index < -0.39 is 0 Å². The fraction of sp³-hybridized carbons (Fsp3) is 0.438. The summed E-state index contributed by atoms with van der Waals surface area (Å²) >= 11 is 0. The molecule has 90 valence electrons. The normalized spacial score (nSPS) is 11.7. The highest BCUT2D eigenvalue weighted by Gasteiger charge is 2.17. The van der Waals surface area contributed by atoms with Crippen LogP contribution in [-0.2, 0) is 7.05 Å². The third-order valence-electron chi connectivity index (χ3n) is 3.45. The highest BCUT2D eigenvalue weighted by molar-refractivity contribution is 5.83. The molecule has 0 atom stereocenters. The van der Waals surface area contributed by atoms with Crippen molar-refractivity contribution in [3.05, 3.63) is 41.6 Å². The van der Waals surface area contributed by atoms with Crippen LogP contribution >= 0.6 is 0 Å². The van der Waals surface area contributed by atoms with Crippen molar-refractivity contribution in [2.45, 2.75) is 39.5 Å². The number of fused-ring (bicyclic) bond motifs is 1. The molecule has 1 heteroatoms. The number of rotatable bonds is 2. The molecule has 1 nitrogen and oxygen atoms in total. The minimum Gasteiger partial charge on any atom is -0.201 e. The zero-order chi connectivity index (χ0) is 12.6. The minimum atomic E-state index is 0.562. The Morgan fingerprint density at radius 2 is 1.47 bits per heavy atom. The summed E-state index contributed by atoms with van der Waals surface area (Å²) in [4.78, 5) is 0. The third-order valence-corrected chi connectivity index (χ3v) is 3.45. The number of aromatic nitrogens is 1. The van der Waals surface area contributed by atoms with Gasteiger partial charge in [0.15, 0.2) is 6.20 Å². The van der Waals surface area contributed by atoms with Crippen molar-refractivity contribution in [3.8, 4) is 0 Å². The van der Waals surface area contributed by atoms with E-state index in [-0.39, 0.29) is 0 Å². The van der Waals surface area contributed by atoms with E-state index >= 15 is 0 Å². The zero-order valence-corrected chi connectivity index (χ0v) is 11.5. The third kappa shape index (κ3) is 2.06. The monoisotopic (exact) mass is 228 g/mol. The van der Waals surface area contributed by atoms with Gasteiger partial charge >= 0.3 is 0 Å². The molecule has 0 bridgehead atoms. The molecule has 17 heavy (non-hydrogen) atoms. The number of hydrogen-bond donors (Lipinski definition) is 0. The molecule has 1 aromatic carbocycles. The second-order valence-electron chi connectivity index (χ2n) is 5.43. The summed E-state index contributed by atoms with van der Waals surface area (Å²) in [5, 5.41) is 1.40. The molecule has 0 fully saturated rings. The Hall–Kier alpha value is -1.37. The Balaban J connectivity index is 2.86. The van der Waals surface area contributed by atoms with E-state index in [0.717, 1.165) is 0 Å². The molecule has 0 saturated heterocycles. The smallest absolute Gasteiger partial charge is 0.201 e. The van der Waals surface area contributed by atoms with E-state index in [9.17, 15) is 0 Å². The molecule has 0 spiro atoms. The van der Waals surface area contributed by atoms with E-state index in [0.29, 0.717) is 11.8 Å². The molecule has 2 rings (SSSR count). The first kappa shape index (κ1) is 12.1. The second-order valence-corrected chi connectivity index (χ2v) is 5.43. The molecule has 1 aromatic heterocycles. The number of nitrogens with zero attached hydrogens (tertiary/aromatic N) is 1. The number of benzene rings is 1. The van der Waals surface area contributed by atoms with Gasteiger partial charge in [-0.25, -0.2) is 4.57 Å². The molecule has 0 amide bonds. The predicted octanol–water partition coefficient (Wildman–Crippen LogP) is 3.91. The van der Waals surface area contributed by atoms with Crippen LogP contribution in [0.4, 0.5) is 0 Å². The maximum Gasteiger partial charge on any atom is 0.216 e. The van der Waals surface area contributed by atoms with Gasteiger partial charge in [-0.15, -0.1) is 0 Å². The molecular formula is C16H22N+. The first-order valence-corrected chi connectivity index (χ1v) is 6.43. The van der Waals surface area contributed by atoms with E-state index in [1.807, 2.05) is 0 Å².